The molecule has 0 atom stereocenters. The Balaban J connectivity index is 3.09. The maximum atomic E-state index is 10.2. The highest BCUT2D eigenvalue weighted by molar-refractivity contribution is 5.76. The van der Waals surface area contributed by atoms with E-state index in [9.17, 15) is 4.79 Å². The molecule has 0 aliphatic heterocycles. The fourth-order valence-corrected chi connectivity index (χ4v) is 1.29. The molecule has 0 N–H and O–H groups in total. The zero-order valence-electron chi connectivity index (χ0n) is 8.90. The quantitative estimate of drug-likeness (QED) is 0.547. The zero-order chi connectivity index (χ0) is 11.1. The average Bonchev–Trinajstić information content (AvgIpc) is 2.27. The Hall–Kier alpha value is -1.77. The van der Waals surface area contributed by atoms with Crippen LogP contribution in [0, 0.1) is 0 Å². The lowest BCUT2D eigenvalue weighted by molar-refractivity contribution is -0.104. The lowest BCUT2D eigenvalue weighted by Gasteiger charge is -2.11. The highest BCUT2D eigenvalue weighted by Gasteiger charge is 2.06. The van der Waals surface area contributed by atoms with Gasteiger partial charge >= 0.3 is 0 Å². The summed E-state index contributed by atoms with van der Waals surface area (Å²) in [4.78, 5) is 10.2. The van der Waals surface area contributed by atoms with E-state index in [-0.39, 0.29) is 0 Å². The molecule has 3 heteroatoms. The highest BCUT2D eigenvalue weighted by Crippen LogP contribution is 2.31. The normalized spacial score (nSPS) is 10.3. The molecule has 0 amide bonds. The van der Waals surface area contributed by atoms with Crippen molar-refractivity contribution in [2.24, 2.45) is 0 Å². The predicted octanol–water partition coefficient (Wildman–Crippen LogP) is 2.31. The Morgan fingerprint density at radius 1 is 1.40 bits per heavy atom. The van der Waals surface area contributed by atoms with Crippen LogP contribution < -0.4 is 9.47 Å². The van der Waals surface area contributed by atoms with Gasteiger partial charge in [0.2, 0.25) is 0 Å². The second kappa shape index (κ2) is 5.86. The number of ether oxygens (including phenoxy) is 2. The first kappa shape index (κ1) is 11.3. The van der Waals surface area contributed by atoms with Gasteiger partial charge in [0.05, 0.1) is 13.7 Å². The summed E-state index contributed by atoms with van der Waals surface area (Å²) >= 11 is 0. The minimum Gasteiger partial charge on any atom is -0.492 e. The fraction of sp³-hybridized carbons (Fsp3) is 0.250. The van der Waals surface area contributed by atoms with E-state index < -0.39 is 0 Å². The van der Waals surface area contributed by atoms with Crippen molar-refractivity contribution in [3.05, 3.63) is 29.8 Å². The minimum atomic E-state index is 0.581. The number of rotatable bonds is 5. The number of benzene rings is 1. The van der Waals surface area contributed by atoms with Gasteiger partial charge in [-0.3, -0.25) is 4.79 Å². The minimum absolute atomic E-state index is 0.581. The standard InChI is InChI=1S/C12H14O3/c1-3-15-11-8-4-6-10(7-5-9-13)12(11)14-2/h4-9H,3H2,1-2H3/b7-5+. The van der Waals surface area contributed by atoms with E-state index in [1.54, 1.807) is 13.2 Å². The summed E-state index contributed by atoms with van der Waals surface area (Å²) in [5.41, 5.74) is 0.829. The molecule has 15 heavy (non-hydrogen) atoms. The molecule has 0 saturated carbocycles. The molecule has 0 aliphatic rings. The molecule has 0 heterocycles. The van der Waals surface area contributed by atoms with E-state index >= 15 is 0 Å². The van der Waals surface area contributed by atoms with Gasteiger partial charge in [0, 0.05) is 5.56 Å². The highest BCUT2D eigenvalue weighted by atomic mass is 16.5. The van der Waals surface area contributed by atoms with Crippen LogP contribution in [0.4, 0.5) is 0 Å². The van der Waals surface area contributed by atoms with Crippen LogP contribution in [0.1, 0.15) is 12.5 Å². The molecule has 0 spiro atoms. The molecule has 0 aliphatic carbocycles. The molecule has 0 unspecified atom stereocenters. The van der Waals surface area contributed by atoms with Gasteiger partial charge in [-0.25, -0.2) is 0 Å². The topological polar surface area (TPSA) is 35.5 Å². The smallest absolute Gasteiger partial charge is 0.167 e. The number of hydrogen-bond donors (Lipinski definition) is 0. The number of aldehydes is 1. The molecule has 0 bridgehead atoms. The Labute approximate surface area is 89.3 Å². The van der Waals surface area contributed by atoms with Crippen LogP contribution in [0.15, 0.2) is 24.3 Å². The van der Waals surface area contributed by atoms with E-state index in [0.29, 0.717) is 18.1 Å². The summed E-state index contributed by atoms with van der Waals surface area (Å²) in [6.45, 7) is 2.49. The molecular formula is C12H14O3. The molecule has 3 nitrogen and oxygen atoms in total. The Kier molecular flexibility index (Phi) is 4.41. The van der Waals surface area contributed by atoms with Gasteiger partial charge in [-0.15, -0.1) is 0 Å². The second-order valence-electron chi connectivity index (χ2n) is 2.81. The van der Waals surface area contributed by atoms with E-state index in [0.717, 1.165) is 11.8 Å². The average molecular weight is 206 g/mol. The number of allylic oxidation sites excluding steroid dienone is 1. The third-order valence-corrected chi connectivity index (χ3v) is 1.87. The summed E-state index contributed by atoms with van der Waals surface area (Å²) in [5, 5.41) is 0. The second-order valence-corrected chi connectivity index (χ2v) is 2.81. The number of para-hydroxylation sites is 1. The monoisotopic (exact) mass is 206 g/mol. The lowest BCUT2D eigenvalue weighted by Crippen LogP contribution is -1.96. The maximum absolute atomic E-state index is 10.2. The Morgan fingerprint density at radius 3 is 2.80 bits per heavy atom. The van der Waals surface area contributed by atoms with Crippen molar-refractivity contribution >= 4 is 12.4 Å². The van der Waals surface area contributed by atoms with E-state index in [1.807, 2.05) is 25.1 Å². The lowest BCUT2D eigenvalue weighted by atomic mass is 10.1. The van der Waals surface area contributed by atoms with Crippen LogP contribution in [-0.2, 0) is 4.79 Å². The number of hydrogen-bond acceptors (Lipinski definition) is 3. The number of carbonyl (C=O) groups excluding carboxylic acids is 1. The van der Waals surface area contributed by atoms with Gasteiger partial charge in [-0.2, -0.15) is 0 Å². The number of carbonyl (C=O) groups is 1. The van der Waals surface area contributed by atoms with Crippen LogP contribution in [0.5, 0.6) is 11.5 Å². The molecule has 1 aromatic rings. The molecule has 80 valence electrons. The van der Waals surface area contributed by atoms with Gasteiger partial charge in [0.15, 0.2) is 11.5 Å². The van der Waals surface area contributed by atoms with Crippen molar-refractivity contribution in [2.75, 3.05) is 13.7 Å². The molecule has 0 aromatic heterocycles. The van der Waals surface area contributed by atoms with Crippen LogP contribution in [0.2, 0.25) is 0 Å². The number of methoxy groups -OCH3 is 1. The Bertz CT molecular complexity index is 356. The summed E-state index contributed by atoms with van der Waals surface area (Å²) in [6.07, 6.45) is 3.84. The van der Waals surface area contributed by atoms with Crippen molar-refractivity contribution in [3.8, 4) is 11.5 Å². The molecule has 1 aromatic carbocycles. The largest absolute Gasteiger partial charge is 0.492 e. The molecule has 0 radical (unpaired) electrons. The molecule has 0 saturated heterocycles. The van der Waals surface area contributed by atoms with Crippen molar-refractivity contribution in [1.82, 2.24) is 0 Å². The van der Waals surface area contributed by atoms with E-state index in [2.05, 4.69) is 0 Å². The first-order valence-electron chi connectivity index (χ1n) is 4.75. The molecule has 0 fully saturated rings. The van der Waals surface area contributed by atoms with Crippen molar-refractivity contribution in [2.45, 2.75) is 6.92 Å². The SMILES string of the molecule is CCOc1cccc(/C=C/C=O)c1OC. The van der Waals surface area contributed by atoms with Crippen LogP contribution in [0.3, 0.4) is 0 Å². The molecule has 1 rings (SSSR count). The zero-order valence-corrected chi connectivity index (χ0v) is 8.90. The van der Waals surface area contributed by atoms with E-state index in [4.69, 9.17) is 9.47 Å². The first-order valence-corrected chi connectivity index (χ1v) is 4.75. The van der Waals surface area contributed by atoms with Gasteiger partial charge in [0.25, 0.3) is 0 Å². The van der Waals surface area contributed by atoms with Crippen molar-refractivity contribution in [3.63, 3.8) is 0 Å². The maximum Gasteiger partial charge on any atom is 0.167 e. The van der Waals surface area contributed by atoms with Crippen molar-refractivity contribution in [1.29, 1.82) is 0 Å². The van der Waals surface area contributed by atoms with E-state index in [1.165, 1.54) is 6.08 Å². The summed E-state index contributed by atoms with van der Waals surface area (Å²) in [7, 11) is 1.58. The first-order chi connectivity index (χ1) is 7.33. The van der Waals surface area contributed by atoms with Gasteiger partial charge in [0.1, 0.15) is 6.29 Å². The summed E-state index contributed by atoms with van der Waals surface area (Å²) in [5.74, 6) is 1.34. The van der Waals surface area contributed by atoms with Crippen LogP contribution in [-0.4, -0.2) is 20.0 Å². The summed E-state index contributed by atoms with van der Waals surface area (Å²) in [6, 6.07) is 5.56. The third-order valence-electron chi connectivity index (χ3n) is 1.87. The van der Waals surface area contributed by atoms with Gasteiger partial charge < -0.3 is 9.47 Å². The van der Waals surface area contributed by atoms with Gasteiger partial charge in [-0.05, 0) is 25.1 Å². The fourth-order valence-electron chi connectivity index (χ4n) is 1.29. The summed E-state index contributed by atoms with van der Waals surface area (Å²) < 4.78 is 10.6. The van der Waals surface area contributed by atoms with Crippen LogP contribution in [0.25, 0.3) is 6.08 Å². The predicted molar refractivity (Wildman–Crippen MR) is 59.3 cm³/mol. The van der Waals surface area contributed by atoms with Crippen LogP contribution >= 0.6 is 0 Å². The Morgan fingerprint density at radius 2 is 2.20 bits per heavy atom. The van der Waals surface area contributed by atoms with Crippen molar-refractivity contribution < 1.29 is 14.3 Å². The molecular weight excluding hydrogens is 192 g/mol. The third kappa shape index (κ3) is 2.84. The van der Waals surface area contributed by atoms with Gasteiger partial charge in [-0.1, -0.05) is 12.1 Å².